The summed E-state index contributed by atoms with van der Waals surface area (Å²) in [5.74, 6) is 2.48. The Morgan fingerprint density at radius 2 is 2.17 bits per heavy atom. The third-order valence-electron chi connectivity index (χ3n) is 6.87. The molecule has 0 radical (unpaired) electrons. The molecular weight excluding hydrogens is 354 g/mol. The smallest absolute Gasteiger partial charge is 0.139 e. The molecule has 2 heterocycles. The van der Waals surface area contributed by atoms with Gasteiger partial charge in [0.25, 0.3) is 0 Å². The summed E-state index contributed by atoms with van der Waals surface area (Å²) in [5.41, 5.74) is 6.97. The zero-order valence-electron chi connectivity index (χ0n) is 18.2. The average Bonchev–Trinajstić information content (AvgIpc) is 3.16. The molecule has 0 spiro atoms. The zero-order valence-corrected chi connectivity index (χ0v) is 18.2. The van der Waals surface area contributed by atoms with Crippen LogP contribution in [0.5, 0.6) is 0 Å². The number of hydrogen-bond acceptors (Lipinski definition) is 2. The Kier molecular flexibility index (Phi) is 6.05. The van der Waals surface area contributed by atoms with Crippen molar-refractivity contribution >= 4 is 17.6 Å². The molecule has 3 atom stereocenters. The van der Waals surface area contributed by atoms with Gasteiger partial charge in [-0.3, -0.25) is 0 Å². The monoisotopic (exact) mass is 389 g/mol. The lowest BCUT2D eigenvalue weighted by Gasteiger charge is -2.20. The molecule has 2 aromatic rings. The van der Waals surface area contributed by atoms with E-state index < -0.39 is 0 Å². The Hall–Kier alpha value is -2.13. The lowest BCUT2D eigenvalue weighted by Crippen LogP contribution is -2.14. The summed E-state index contributed by atoms with van der Waals surface area (Å²) in [5, 5.41) is 3.62. The van der Waals surface area contributed by atoms with E-state index in [2.05, 4.69) is 60.8 Å². The van der Waals surface area contributed by atoms with E-state index in [-0.39, 0.29) is 0 Å². The van der Waals surface area contributed by atoms with Crippen LogP contribution in [-0.2, 0) is 19.4 Å². The number of nitrogens with one attached hydrogen (secondary N) is 1. The highest BCUT2D eigenvalue weighted by atomic mass is 15.1. The largest absolute Gasteiger partial charge is 0.329 e. The number of aryl methyl sites for hydroxylation is 1. The lowest BCUT2D eigenvalue weighted by molar-refractivity contribution is 0.411. The van der Waals surface area contributed by atoms with Crippen LogP contribution in [0.3, 0.4) is 0 Å². The molecule has 3 unspecified atom stereocenters. The van der Waals surface area contributed by atoms with Gasteiger partial charge >= 0.3 is 0 Å². The topological polar surface area (TPSA) is 29.3 Å². The molecule has 29 heavy (non-hydrogen) atoms. The molecule has 3 nitrogen and oxygen atoms in total. The summed E-state index contributed by atoms with van der Waals surface area (Å²) in [4.78, 5) is 4.71. The van der Waals surface area contributed by atoms with Gasteiger partial charge in [0.15, 0.2) is 0 Å². The van der Waals surface area contributed by atoms with Crippen LogP contribution in [0.25, 0.3) is 5.57 Å². The first-order valence-corrected chi connectivity index (χ1v) is 11.2. The lowest BCUT2D eigenvalue weighted by atomic mass is 9.90. The number of hydrogen-bond donors (Lipinski definition) is 1. The predicted octanol–water partition coefficient (Wildman–Crippen LogP) is 6.11. The average molecular weight is 390 g/mol. The zero-order chi connectivity index (χ0) is 20.4. The van der Waals surface area contributed by atoms with Gasteiger partial charge in [-0.05, 0) is 92.7 Å². The minimum atomic E-state index is 0.521. The number of aliphatic imine (C=N–C) groups is 1. The first-order chi connectivity index (χ1) is 14.1. The molecule has 1 aliphatic carbocycles. The number of nitrogens with zero attached hydrogens (tertiary/aromatic N) is 2. The van der Waals surface area contributed by atoms with E-state index in [9.17, 15) is 0 Å². The molecule has 2 aliphatic rings. The van der Waals surface area contributed by atoms with Crippen molar-refractivity contribution in [1.82, 2.24) is 9.88 Å². The number of fused-ring (bicyclic) bond motifs is 1. The van der Waals surface area contributed by atoms with Gasteiger partial charge in [-0.1, -0.05) is 31.7 Å². The van der Waals surface area contributed by atoms with Crippen LogP contribution in [0.2, 0.25) is 0 Å². The van der Waals surface area contributed by atoms with Crippen molar-refractivity contribution in [3.05, 3.63) is 59.3 Å². The Balaban J connectivity index is 1.56. The molecule has 0 amide bonds. The van der Waals surface area contributed by atoms with E-state index in [4.69, 9.17) is 4.99 Å². The van der Waals surface area contributed by atoms with Crippen LogP contribution in [0, 0.1) is 11.8 Å². The van der Waals surface area contributed by atoms with Gasteiger partial charge in [0.1, 0.15) is 5.82 Å². The van der Waals surface area contributed by atoms with Crippen molar-refractivity contribution in [3.8, 4) is 0 Å². The highest BCUT2D eigenvalue weighted by Crippen LogP contribution is 2.44. The van der Waals surface area contributed by atoms with E-state index in [1.165, 1.54) is 37.7 Å². The minimum Gasteiger partial charge on any atom is -0.329 e. The number of benzene rings is 1. The van der Waals surface area contributed by atoms with Gasteiger partial charge in [0, 0.05) is 30.6 Å². The van der Waals surface area contributed by atoms with Crippen molar-refractivity contribution in [2.45, 2.75) is 65.5 Å². The van der Waals surface area contributed by atoms with Crippen LogP contribution >= 0.6 is 0 Å². The second kappa shape index (κ2) is 8.71. The highest BCUT2D eigenvalue weighted by molar-refractivity contribution is 5.73. The Labute approximate surface area is 175 Å². The quantitative estimate of drug-likeness (QED) is 0.614. The number of rotatable bonds is 5. The first kappa shape index (κ1) is 20.2. The normalized spacial score (nSPS) is 24.6. The van der Waals surface area contributed by atoms with Gasteiger partial charge in [-0.2, -0.15) is 0 Å². The molecule has 1 aliphatic heterocycles. The fourth-order valence-electron chi connectivity index (χ4n) is 5.47. The number of allylic oxidation sites excluding steroid dienone is 1. The van der Waals surface area contributed by atoms with Crippen molar-refractivity contribution in [2.24, 2.45) is 16.8 Å². The molecule has 0 bridgehead atoms. The number of aromatic nitrogens is 1. The molecule has 154 valence electrons. The molecule has 1 N–H and O–H groups in total. The van der Waals surface area contributed by atoms with Crippen LogP contribution in [0.4, 0.5) is 5.82 Å². The standard InChI is InChI=1S/C26H35N3/c1-5-28-26-23(18(2)3)11-13-29(26)25-16-20(14-19(25)4)15-22-9-6-8-21-10-7-12-27-17-24(21)22/h5-6,8-9,11,13,19-20,25,27H,2,7,10,12,14-17H2,1,3-4H3. The summed E-state index contributed by atoms with van der Waals surface area (Å²) < 4.78 is 2.42. The van der Waals surface area contributed by atoms with Gasteiger partial charge in [-0.25, -0.2) is 4.99 Å². The van der Waals surface area contributed by atoms with Crippen molar-refractivity contribution in [1.29, 1.82) is 0 Å². The SMILES string of the molecule is C=C(C)c1ccn(C2CC(Cc3cccc4c3CNCCC4)CC2C)c1N=CC. The van der Waals surface area contributed by atoms with Gasteiger partial charge in [-0.15, -0.1) is 0 Å². The van der Waals surface area contributed by atoms with E-state index in [0.717, 1.165) is 30.4 Å². The Morgan fingerprint density at radius 1 is 1.31 bits per heavy atom. The molecule has 1 saturated carbocycles. The molecule has 4 rings (SSSR count). The van der Waals surface area contributed by atoms with Crippen molar-refractivity contribution < 1.29 is 0 Å². The first-order valence-electron chi connectivity index (χ1n) is 11.2. The van der Waals surface area contributed by atoms with Crippen molar-refractivity contribution in [2.75, 3.05) is 6.54 Å². The highest BCUT2D eigenvalue weighted by Gasteiger charge is 2.34. The van der Waals surface area contributed by atoms with Crippen LogP contribution < -0.4 is 5.32 Å². The van der Waals surface area contributed by atoms with E-state index >= 15 is 0 Å². The minimum absolute atomic E-state index is 0.521. The maximum absolute atomic E-state index is 4.71. The fraction of sp³-hybridized carbons (Fsp3) is 0.500. The molecule has 1 aromatic carbocycles. The predicted molar refractivity (Wildman–Crippen MR) is 124 cm³/mol. The maximum atomic E-state index is 4.71. The summed E-state index contributed by atoms with van der Waals surface area (Å²) in [6.45, 7) is 12.8. The van der Waals surface area contributed by atoms with Crippen LogP contribution in [-0.4, -0.2) is 17.3 Å². The molecule has 0 saturated heterocycles. The van der Waals surface area contributed by atoms with Crippen molar-refractivity contribution in [3.63, 3.8) is 0 Å². The molecular formula is C26H35N3. The maximum Gasteiger partial charge on any atom is 0.139 e. The Morgan fingerprint density at radius 3 is 2.97 bits per heavy atom. The summed E-state index contributed by atoms with van der Waals surface area (Å²) in [6.07, 6.45) is 10.3. The van der Waals surface area contributed by atoms with E-state index in [0.29, 0.717) is 12.0 Å². The molecule has 1 aromatic heterocycles. The second-order valence-electron chi connectivity index (χ2n) is 9.05. The summed E-state index contributed by atoms with van der Waals surface area (Å²) in [7, 11) is 0. The van der Waals surface area contributed by atoms with E-state index in [1.807, 2.05) is 13.1 Å². The van der Waals surface area contributed by atoms with Gasteiger partial charge in [0.2, 0.25) is 0 Å². The van der Waals surface area contributed by atoms with Crippen LogP contribution in [0.1, 0.15) is 68.3 Å². The summed E-state index contributed by atoms with van der Waals surface area (Å²) >= 11 is 0. The van der Waals surface area contributed by atoms with Gasteiger partial charge in [0.05, 0.1) is 0 Å². The third-order valence-corrected chi connectivity index (χ3v) is 6.87. The summed E-state index contributed by atoms with van der Waals surface area (Å²) in [6, 6.07) is 9.68. The third kappa shape index (κ3) is 4.11. The second-order valence-corrected chi connectivity index (χ2v) is 9.05. The Bertz CT molecular complexity index is 905. The van der Waals surface area contributed by atoms with Gasteiger partial charge < -0.3 is 9.88 Å². The molecule has 1 fully saturated rings. The van der Waals surface area contributed by atoms with E-state index in [1.54, 1.807) is 16.7 Å². The molecule has 3 heteroatoms. The van der Waals surface area contributed by atoms with Crippen LogP contribution in [0.15, 0.2) is 42.0 Å². The fourth-order valence-corrected chi connectivity index (χ4v) is 5.47.